The monoisotopic (exact) mass is 363 g/mol. The van der Waals surface area contributed by atoms with Crippen LogP contribution in [-0.4, -0.2) is 58.1 Å². The number of aliphatic hydroxyl groups excluding tert-OH is 1. The van der Waals surface area contributed by atoms with Crippen molar-refractivity contribution in [2.75, 3.05) is 26.2 Å². The molecule has 1 fully saturated rings. The van der Waals surface area contributed by atoms with Crippen LogP contribution in [0.4, 0.5) is 0 Å². The first-order chi connectivity index (χ1) is 12.2. The maximum Gasteiger partial charge on any atom is 0.273 e. The van der Waals surface area contributed by atoms with Crippen LogP contribution in [0.2, 0.25) is 0 Å². The first-order valence-corrected chi connectivity index (χ1v) is 9.69. The number of aliphatic hydroxyl groups is 1. The standard InChI is InChI=1S/C18H25N3O3S/c1-2-3-17-19-16(13-25-17)18(23)21-7-6-20(15(11-21)4-8-22)10-14-5-9-24-12-14/h5,9,12-13,15,22H,2-4,6-8,10-11H2,1H3. The fourth-order valence-corrected chi connectivity index (χ4v) is 4.10. The normalized spacial score (nSPS) is 18.6. The van der Waals surface area contributed by atoms with Gasteiger partial charge in [0.2, 0.25) is 0 Å². The third-order valence-electron chi connectivity index (χ3n) is 4.55. The number of rotatable bonds is 7. The van der Waals surface area contributed by atoms with Crippen molar-refractivity contribution < 1.29 is 14.3 Å². The van der Waals surface area contributed by atoms with Gasteiger partial charge in [-0.15, -0.1) is 11.3 Å². The average molecular weight is 363 g/mol. The van der Waals surface area contributed by atoms with E-state index in [1.54, 1.807) is 23.9 Å². The van der Waals surface area contributed by atoms with E-state index >= 15 is 0 Å². The molecule has 25 heavy (non-hydrogen) atoms. The summed E-state index contributed by atoms with van der Waals surface area (Å²) in [6.07, 6.45) is 6.03. The van der Waals surface area contributed by atoms with Gasteiger partial charge in [0, 0.05) is 49.8 Å². The summed E-state index contributed by atoms with van der Waals surface area (Å²) in [6, 6.07) is 2.10. The van der Waals surface area contributed by atoms with E-state index in [2.05, 4.69) is 16.8 Å². The van der Waals surface area contributed by atoms with Crippen LogP contribution in [0.5, 0.6) is 0 Å². The van der Waals surface area contributed by atoms with Crippen LogP contribution in [0.25, 0.3) is 0 Å². The van der Waals surface area contributed by atoms with Crippen LogP contribution < -0.4 is 0 Å². The molecule has 136 valence electrons. The first kappa shape index (κ1) is 18.1. The van der Waals surface area contributed by atoms with Crippen LogP contribution in [0.3, 0.4) is 0 Å². The Labute approximate surface area is 152 Å². The smallest absolute Gasteiger partial charge is 0.273 e. The zero-order chi connectivity index (χ0) is 17.6. The largest absolute Gasteiger partial charge is 0.472 e. The number of amides is 1. The van der Waals surface area contributed by atoms with E-state index < -0.39 is 0 Å². The minimum absolute atomic E-state index is 0.00417. The van der Waals surface area contributed by atoms with Crippen molar-refractivity contribution in [1.82, 2.24) is 14.8 Å². The number of piperazine rings is 1. The molecule has 1 saturated heterocycles. The fraction of sp³-hybridized carbons (Fsp3) is 0.556. The molecule has 0 saturated carbocycles. The molecular formula is C18H25N3O3S. The molecule has 0 radical (unpaired) electrons. The Morgan fingerprint density at radius 3 is 3.08 bits per heavy atom. The number of carbonyl (C=O) groups is 1. The van der Waals surface area contributed by atoms with Crippen LogP contribution in [0.1, 0.15) is 40.8 Å². The predicted octanol–water partition coefficient (Wildman–Crippen LogP) is 2.40. The quantitative estimate of drug-likeness (QED) is 0.818. The van der Waals surface area contributed by atoms with Crippen molar-refractivity contribution in [3.63, 3.8) is 0 Å². The minimum atomic E-state index is 0.00417. The number of hydrogen-bond acceptors (Lipinski definition) is 6. The van der Waals surface area contributed by atoms with Gasteiger partial charge in [-0.3, -0.25) is 9.69 Å². The van der Waals surface area contributed by atoms with Crippen molar-refractivity contribution in [3.05, 3.63) is 40.2 Å². The second kappa shape index (κ2) is 8.60. The number of nitrogens with zero attached hydrogens (tertiary/aromatic N) is 3. The molecule has 7 heteroatoms. The Kier molecular flexibility index (Phi) is 6.23. The van der Waals surface area contributed by atoms with Gasteiger partial charge in [0.1, 0.15) is 5.69 Å². The number of furan rings is 1. The summed E-state index contributed by atoms with van der Waals surface area (Å²) in [4.78, 5) is 21.4. The zero-order valence-corrected chi connectivity index (χ0v) is 15.4. The van der Waals surface area contributed by atoms with Crippen LogP contribution in [0, 0.1) is 0 Å². The maximum atomic E-state index is 12.8. The average Bonchev–Trinajstić information content (AvgIpc) is 3.28. The lowest BCUT2D eigenvalue weighted by molar-refractivity contribution is 0.0391. The van der Waals surface area contributed by atoms with E-state index in [4.69, 9.17) is 4.42 Å². The molecule has 0 bridgehead atoms. The van der Waals surface area contributed by atoms with Crippen LogP contribution >= 0.6 is 11.3 Å². The Morgan fingerprint density at radius 2 is 2.36 bits per heavy atom. The predicted molar refractivity (Wildman–Crippen MR) is 96.6 cm³/mol. The van der Waals surface area contributed by atoms with E-state index in [9.17, 15) is 9.90 Å². The highest BCUT2D eigenvalue weighted by Gasteiger charge is 2.30. The third-order valence-corrected chi connectivity index (χ3v) is 5.46. The second-order valence-corrected chi connectivity index (χ2v) is 7.34. The van der Waals surface area contributed by atoms with Gasteiger partial charge in [-0.2, -0.15) is 0 Å². The van der Waals surface area contributed by atoms with Gasteiger partial charge in [-0.05, 0) is 25.3 Å². The van der Waals surface area contributed by atoms with E-state index in [1.807, 2.05) is 16.3 Å². The van der Waals surface area contributed by atoms with Gasteiger partial charge in [-0.25, -0.2) is 4.98 Å². The van der Waals surface area contributed by atoms with Crippen molar-refractivity contribution in [2.45, 2.75) is 38.8 Å². The molecule has 3 rings (SSSR count). The molecule has 3 heterocycles. The summed E-state index contributed by atoms with van der Waals surface area (Å²) in [6.45, 7) is 5.10. The summed E-state index contributed by atoms with van der Waals surface area (Å²) in [5, 5.41) is 12.3. The van der Waals surface area contributed by atoms with E-state index in [1.165, 1.54) is 0 Å². The Balaban J connectivity index is 1.64. The molecule has 1 unspecified atom stereocenters. The molecule has 1 aliphatic rings. The van der Waals surface area contributed by atoms with Crippen molar-refractivity contribution >= 4 is 17.2 Å². The molecule has 0 spiro atoms. The zero-order valence-electron chi connectivity index (χ0n) is 14.6. The lowest BCUT2D eigenvalue weighted by atomic mass is 10.1. The Morgan fingerprint density at radius 1 is 1.48 bits per heavy atom. The van der Waals surface area contributed by atoms with Gasteiger partial charge in [0.15, 0.2) is 0 Å². The number of hydrogen-bond donors (Lipinski definition) is 1. The molecular weight excluding hydrogens is 338 g/mol. The molecule has 1 aliphatic heterocycles. The van der Waals surface area contributed by atoms with E-state index in [0.29, 0.717) is 25.2 Å². The van der Waals surface area contributed by atoms with E-state index in [0.717, 1.165) is 36.5 Å². The number of aromatic nitrogens is 1. The van der Waals surface area contributed by atoms with Crippen LogP contribution in [-0.2, 0) is 13.0 Å². The summed E-state index contributed by atoms with van der Waals surface area (Å²) >= 11 is 1.56. The van der Waals surface area contributed by atoms with Gasteiger partial charge in [0.25, 0.3) is 5.91 Å². The maximum absolute atomic E-state index is 12.8. The van der Waals surface area contributed by atoms with Gasteiger partial charge < -0.3 is 14.4 Å². The summed E-state index contributed by atoms with van der Waals surface area (Å²) in [5.74, 6) is 0.00417. The van der Waals surface area contributed by atoms with Crippen molar-refractivity contribution in [2.24, 2.45) is 0 Å². The van der Waals surface area contributed by atoms with E-state index in [-0.39, 0.29) is 18.6 Å². The highest BCUT2D eigenvalue weighted by atomic mass is 32.1. The highest BCUT2D eigenvalue weighted by molar-refractivity contribution is 7.09. The molecule has 2 aromatic rings. The van der Waals surface area contributed by atoms with Gasteiger partial charge in [0.05, 0.1) is 17.5 Å². The molecule has 1 amide bonds. The summed E-state index contributed by atoms with van der Waals surface area (Å²) in [5.41, 5.74) is 1.67. The SMILES string of the molecule is CCCc1nc(C(=O)N2CCN(Cc3ccoc3)C(CCO)C2)cs1. The Hall–Kier alpha value is -1.70. The van der Waals surface area contributed by atoms with Crippen molar-refractivity contribution in [1.29, 1.82) is 0 Å². The lowest BCUT2D eigenvalue weighted by Crippen LogP contribution is -2.54. The number of thiazole rings is 1. The minimum Gasteiger partial charge on any atom is -0.472 e. The molecule has 0 aromatic carbocycles. The number of carbonyl (C=O) groups excluding carboxylic acids is 1. The number of aryl methyl sites for hydroxylation is 1. The molecule has 1 N–H and O–H groups in total. The lowest BCUT2D eigenvalue weighted by Gasteiger charge is -2.41. The van der Waals surface area contributed by atoms with Crippen LogP contribution in [0.15, 0.2) is 28.4 Å². The summed E-state index contributed by atoms with van der Waals surface area (Å²) in [7, 11) is 0. The molecule has 0 aliphatic carbocycles. The molecule has 1 atom stereocenters. The third kappa shape index (κ3) is 4.48. The summed E-state index contributed by atoms with van der Waals surface area (Å²) < 4.78 is 5.14. The van der Waals surface area contributed by atoms with Crippen molar-refractivity contribution in [3.8, 4) is 0 Å². The second-order valence-electron chi connectivity index (χ2n) is 6.40. The highest BCUT2D eigenvalue weighted by Crippen LogP contribution is 2.20. The topological polar surface area (TPSA) is 69.8 Å². The molecule has 6 nitrogen and oxygen atoms in total. The molecule has 2 aromatic heterocycles. The van der Waals surface area contributed by atoms with Gasteiger partial charge in [-0.1, -0.05) is 6.92 Å². The fourth-order valence-electron chi connectivity index (χ4n) is 3.23. The first-order valence-electron chi connectivity index (χ1n) is 8.81. The Bertz CT molecular complexity index is 671. The van der Waals surface area contributed by atoms with Gasteiger partial charge >= 0.3 is 0 Å².